The highest BCUT2D eigenvalue weighted by Crippen LogP contribution is 2.63. The second-order valence-corrected chi connectivity index (χ2v) is 7.60. The molecule has 5 rings (SSSR count). The molecule has 0 radical (unpaired) electrons. The third kappa shape index (κ3) is 2.53. The van der Waals surface area contributed by atoms with E-state index in [0.717, 1.165) is 18.9 Å². The van der Waals surface area contributed by atoms with Gasteiger partial charge in [-0.05, 0) is 37.5 Å². The van der Waals surface area contributed by atoms with E-state index in [1.54, 1.807) is 6.20 Å². The topological polar surface area (TPSA) is 48.3 Å². The maximum absolute atomic E-state index is 6.02. The summed E-state index contributed by atoms with van der Waals surface area (Å²) in [6.45, 7) is 2.32. The molecule has 2 aromatic rings. The number of hydrogen-bond acceptors (Lipinski definition) is 4. The van der Waals surface area contributed by atoms with Gasteiger partial charge in [-0.25, -0.2) is 0 Å². The van der Waals surface area contributed by atoms with Crippen molar-refractivity contribution < 1.29 is 9.47 Å². The lowest BCUT2D eigenvalue weighted by atomic mass is 9.46. The Balaban J connectivity index is 1.22. The summed E-state index contributed by atoms with van der Waals surface area (Å²) in [6, 6.07) is 10.9. The number of nitrogens with zero attached hydrogens (tertiary/aromatic N) is 2. The second-order valence-electron chi connectivity index (χ2n) is 7.60. The first-order valence-electron chi connectivity index (χ1n) is 9.44. The van der Waals surface area contributed by atoms with Crippen molar-refractivity contribution in [3.05, 3.63) is 42.7 Å². The van der Waals surface area contributed by atoms with Crippen LogP contribution in [0, 0.1) is 11.3 Å². The van der Waals surface area contributed by atoms with Gasteiger partial charge < -0.3 is 14.8 Å². The first kappa shape index (κ1) is 15.3. The molecule has 25 heavy (non-hydrogen) atoms. The monoisotopic (exact) mass is 339 g/mol. The van der Waals surface area contributed by atoms with E-state index < -0.39 is 0 Å². The molecule has 3 unspecified atom stereocenters. The van der Waals surface area contributed by atoms with Crippen LogP contribution in [-0.4, -0.2) is 35.1 Å². The molecule has 0 bridgehead atoms. The summed E-state index contributed by atoms with van der Waals surface area (Å²) in [4.78, 5) is 0. The molecule has 2 saturated carbocycles. The van der Waals surface area contributed by atoms with Gasteiger partial charge in [0.1, 0.15) is 12.4 Å². The smallest absolute Gasteiger partial charge is 0.121 e. The molecule has 3 aliphatic rings. The molecule has 2 heterocycles. The van der Waals surface area contributed by atoms with Gasteiger partial charge in [0, 0.05) is 48.1 Å². The predicted molar refractivity (Wildman–Crippen MR) is 95.7 cm³/mol. The fraction of sp³-hybridized carbons (Fsp3) is 0.550. The van der Waals surface area contributed by atoms with Crippen molar-refractivity contribution in [2.24, 2.45) is 11.3 Å². The Bertz CT molecular complexity index is 726. The summed E-state index contributed by atoms with van der Waals surface area (Å²) in [5.74, 6) is 1.60. The zero-order valence-corrected chi connectivity index (χ0v) is 14.4. The number of rotatable bonds is 6. The van der Waals surface area contributed by atoms with Crippen molar-refractivity contribution >= 4 is 5.69 Å². The van der Waals surface area contributed by atoms with Crippen LogP contribution in [0.2, 0.25) is 0 Å². The summed E-state index contributed by atoms with van der Waals surface area (Å²) in [7, 11) is 0. The number of aromatic nitrogens is 2. The molecule has 3 atom stereocenters. The SMILES string of the molecule is c1cc(NC2C3CCOC3C23CCC3)cc(OCCn2cccn2)c1. The minimum atomic E-state index is 0.401. The lowest BCUT2D eigenvalue weighted by Gasteiger charge is -2.63. The fourth-order valence-corrected chi connectivity index (χ4v) is 5.00. The summed E-state index contributed by atoms with van der Waals surface area (Å²) in [6.07, 6.45) is 9.42. The molecule has 5 nitrogen and oxygen atoms in total. The summed E-state index contributed by atoms with van der Waals surface area (Å²) < 4.78 is 13.8. The van der Waals surface area contributed by atoms with E-state index in [9.17, 15) is 0 Å². The quantitative estimate of drug-likeness (QED) is 0.877. The van der Waals surface area contributed by atoms with Crippen LogP contribution < -0.4 is 10.1 Å². The number of nitrogens with one attached hydrogen (secondary N) is 1. The second kappa shape index (κ2) is 6.06. The zero-order valence-electron chi connectivity index (χ0n) is 14.4. The van der Waals surface area contributed by atoms with Crippen molar-refractivity contribution in [3.8, 4) is 5.75 Å². The third-order valence-electron chi connectivity index (χ3n) is 6.34. The van der Waals surface area contributed by atoms with Crippen LogP contribution in [0.25, 0.3) is 0 Å². The molecule has 1 N–H and O–H groups in total. The number of ether oxygens (including phenoxy) is 2. The third-order valence-corrected chi connectivity index (χ3v) is 6.34. The van der Waals surface area contributed by atoms with E-state index in [0.29, 0.717) is 30.1 Å². The lowest BCUT2D eigenvalue weighted by Crippen LogP contribution is -2.68. The molecule has 1 aromatic carbocycles. The molecule has 132 valence electrons. The van der Waals surface area contributed by atoms with Gasteiger partial charge in [0.15, 0.2) is 0 Å². The average molecular weight is 339 g/mol. The Labute approximate surface area is 148 Å². The van der Waals surface area contributed by atoms with Gasteiger partial charge in [0.2, 0.25) is 0 Å². The number of anilines is 1. The molecule has 5 heteroatoms. The van der Waals surface area contributed by atoms with Crippen LogP contribution in [0.1, 0.15) is 25.7 Å². The molecule has 1 aliphatic heterocycles. The Hall–Kier alpha value is -2.01. The number of benzene rings is 1. The van der Waals surface area contributed by atoms with Crippen LogP contribution in [0.3, 0.4) is 0 Å². The van der Waals surface area contributed by atoms with Gasteiger partial charge in [-0.3, -0.25) is 4.68 Å². The normalized spacial score (nSPS) is 28.9. The number of hydrogen-bond donors (Lipinski definition) is 1. The van der Waals surface area contributed by atoms with Gasteiger partial charge in [0.25, 0.3) is 0 Å². The standard InChI is InChI=1S/C20H25N3O2/c1-4-15(14-16(5-1)24-13-11-23-10-3-9-21-23)22-18-17-6-12-25-19(17)20(18)7-2-8-20/h1,3-5,9-10,14,17-19,22H,2,6-8,11-13H2. The highest BCUT2D eigenvalue weighted by molar-refractivity contribution is 5.50. The molecule has 0 amide bonds. The van der Waals surface area contributed by atoms with E-state index in [1.807, 2.05) is 23.0 Å². The highest BCUT2D eigenvalue weighted by atomic mass is 16.5. The minimum Gasteiger partial charge on any atom is -0.492 e. The summed E-state index contributed by atoms with van der Waals surface area (Å²) in [5, 5.41) is 8.01. The maximum Gasteiger partial charge on any atom is 0.121 e. The average Bonchev–Trinajstić information content (AvgIpc) is 3.22. The van der Waals surface area contributed by atoms with Crippen molar-refractivity contribution in [2.75, 3.05) is 18.5 Å². The van der Waals surface area contributed by atoms with Gasteiger partial charge in [-0.2, -0.15) is 5.10 Å². The molecular formula is C20H25N3O2. The van der Waals surface area contributed by atoms with E-state index in [1.165, 1.54) is 31.4 Å². The summed E-state index contributed by atoms with van der Waals surface area (Å²) >= 11 is 0. The molecule has 1 saturated heterocycles. The largest absolute Gasteiger partial charge is 0.492 e. The van der Waals surface area contributed by atoms with Crippen LogP contribution in [-0.2, 0) is 11.3 Å². The van der Waals surface area contributed by atoms with Crippen molar-refractivity contribution in [3.63, 3.8) is 0 Å². The summed E-state index contributed by atoms with van der Waals surface area (Å²) in [5.41, 5.74) is 1.57. The number of fused-ring (bicyclic) bond motifs is 2. The lowest BCUT2D eigenvalue weighted by molar-refractivity contribution is -0.158. The van der Waals surface area contributed by atoms with E-state index in [4.69, 9.17) is 9.47 Å². The maximum atomic E-state index is 6.02. The van der Waals surface area contributed by atoms with Crippen molar-refractivity contribution in [1.29, 1.82) is 0 Å². The van der Waals surface area contributed by atoms with Gasteiger partial charge in [0.05, 0.1) is 12.6 Å². The van der Waals surface area contributed by atoms with Gasteiger partial charge in [-0.15, -0.1) is 0 Å². The highest BCUT2D eigenvalue weighted by Gasteiger charge is 2.66. The first-order chi connectivity index (χ1) is 12.4. The van der Waals surface area contributed by atoms with Gasteiger partial charge in [-0.1, -0.05) is 12.5 Å². The Kier molecular flexibility index (Phi) is 3.70. The molecule has 3 fully saturated rings. The van der Waals surface area contributed by atoms with Crippen LogP contribution in [0.5, 0.6) is 5.75 Å². The molecular weight excluding hydrogens is 314 g/mol. The van der Waals surface area contributed by atoms with Crippen LogP contribution >= 0.6 is 0 Å². The van der Waals surface area contributed by atoms with Crippen molar-refractivity contribution in [2.45, 2.75) is 44.4 Å². The van der Waals surface area contributed by atoms with Crippen LogP contribution in [0.4, 0.5) is 5.69 Å². The zero-order chi connectivity index (χ0) is 16.7. The molecule has 2 aliphatic carbocycles. The van der Waals surface area contributed by atoms with Gasteiger partial charge >= 0.3 is 0 Å². The molecule has 1 aromatic heterocycles. The van der Waals surface area contributed by atoms with Crippen molar-refractivity contribution in [1.82, 2.24) is 9.78 Å². The first-order valence-corrected chi connectivity index (χ1v) is 9.44. The van der Waals surface area contributed by atoms with Crippen LogP contribution in [0.15, 0.2) is 42.7 Å². The molecule has 1 spiro atoms. The Morgan fingerprint density at radius 2 is 2.28 bits per heavy atom. The fourth-order valence-electron chi connectivity index (χ4n) is 5.00. The Morgan fingerprint density at radius 3 is 3.08 bits per heavy atom. The minimum absolute atomic E-state index is 0.401. The van der Waals surface area contributed by atoms with E-state index in [2.05, 4.69) is 28.6 Å². The predicted octanol–water partition coefficient (Wildman–Crippen LogP) is 3.33. The van der Waals surface area contributed by atoms with E-state index >= 15 is 0 Å². The Morgan fingerprint density at radius 1 is 1.32 bits per heavy atom. The van der Waals surface area contributed by atoms with E-state index in [-0.39, 0.29) is 0 Å².